The summed E-state index contributed by atoms with van der Waals surface area (Å²) in [5.41, 5.74) is 0.545. The number of nitrogens with zero attached hydrogens (tertiary/aromatic N) is 2. The van der Waals surface area contributed by atoms with E-state index in [4.69, 9.17) is 14.4 Å². The molecular formula is C12H15BN2O4. The number of carbonyl (C=O) groups is 1. The summed E-state index contributed by atoms with van der Waals surface area (Å²) < 4.78 is 11.6. The van der Waals surface area contributed by atoms with Crippen LogP contribution in [0.4, 0.5) is 4.79 Å². The molecule has 2 aromatic rings. The highest BCUT2D eigenvalue weighted by atomic mass is 16.6. The quantitative estimate of drug-likeness (QED) is 0.829. The standard InChI is InChI=1S/C12H15BN2O4/c1-12(2,3)18-11(16)15-9-5-4-6-14-8(9)7-10(15)19-13-17/h4-7,13,17H,1-3H3. The maximum absolute atomic E-state index is 12.2. The van der Waals surface area contributed by atoms with E-state index in [0.717, 1.165) is 0 Å². The van der Waals surface area contributed by atoms with E-state index in [9.17, 15) is 4.79 Å². The highest BCUT2D eigenvalue weighted by molar-refractivity contribution is 6.17. The molecule has 2 heterocycles. The van der Waals surface area contributed by atoms with E-state index in [1.54, 1.807) is 45.2 Å². The Morgan fingerprint density at radius 3 is 2.84 bits per heavy atom. The molecule has 100 valence electrons. The molecule has 0 saturated carbocycles. The van der Waals surface area contributed by atoms with E-state index in [2.05, 4.69) is 4.98 Å². The number of rotatable bonds is 2. The minimum absolute atomic E-state index is 0.199. The Balaban J connectivity index is 2.50. The van der Waals surface area contributed by atoms with Crippen molar-refractivity contribution in [1.82, 2.24) is 9.55 Å². The predicted octanol–water partition coefficient (Wildman–Crippen LogP) is 1.46. The molecular weight excluding hydrogens is 247 g/mol. The van der Waals surface area contributed by atoms with Gasteiger partial charge in [0.2, 0.25) is 0 Å². The van der Waals surface area contributed by atoms with Gasteiger partial charge in [0.25, 0.3) is 0 Å². The van der Waals surface area contributed by atoms with Crippen molar-refractivity contribution >= 4 is 24.8 Å². The lowest BCUT2D eigenvalue weighted by molar-refractivity contribution is 0.0537. The molecule has 0 aliphatic heterocycles. The van der Waals surface area contributed by atoms with Crippen LogP contribution in [0.5, 0.6) is 5.88 Å². The highest BCUT2D eigenvalue weighted by Gasteiger charge is 2.23. The largest absolute Gasteiger partial charge is 0.526 e. The van der Waals surface area contributed by atoms with E-state index in [1.165, 1.54) is 4.57 Å². The van der Waals surface area contributed by atoms with Gasteiger partial charge in [-0.25, -0.2) is 9.36 Å². The molecule has 1 N–H and O–H groups in total. The van der Waals surface area contributed by atoms with Crippen LogP contribution in [0.15, 0.2) is 24.4 Å². The molecule has 0 bridgehead atoms. The lowest BCUT2D eigenvalue weighted by Crippen LogP contribution is -2.27. The molecule has 0 aromatic carbocycles. The summed E-state index contributed by atoms with van der Waals surface area (Å²) in [6.45, 7) is 5.34. The van der Waals surface area contributed by atoms with Crippen molar-refractivity contribution in [3.05, 3.63) is 24.4 Å². The van der Waals surface area contributed by atoms with E-state index < -0.39 is 19.4 Å². The summed E-state index contributed by atoms with van der Waals surface area (Å²) in [6, 6.07) is 5.03. The lowest BCUT2D eigenvalue weighted by atomic mass is 10.2. The maximum Gasteiger partial charge on any atom is 0.505 e. The van der Waals surface area contributed by atoms with Crippen LogP contribution in [0, 0.1) is 0 Å². The van der Waals surface area contributed by atoms with Crippen LogP contribution in [0.3, 0.4) is 0 Å². The van der Waals surface area contributed by atoms with Crippen molar-refractivity contribution < 1.29 is 19.2 Å². The smallest absolute Gasteiger partial charge is 0.505 e. The molecule has 0 fully saturated rings. The number of pyridine rings is 1. The van der Waals surface area contributed by atoms with Crippen LogP contribution in [0.2, 0.25) is 0 Å². The van der Waals surface area contributed by atoms with E-state index >= 15 is 0 Å². The maximum atomic E-state index is 12.2. The average Bonchev–Trinajstić information content (AvgIpc) is 2.65. The highest BCUT2D eigenvalue weighted by Crippen LogP contribution is 2.25. The summed E-state index contributed by atoms with van der Waals surface area (Å²) in [6.07, 6.45) is 1.05. The van der Waals surface area contributed by atoms with Gasteiger partial charge in [0.05, 0.1) is 11.0 Å². The second kappa shape index (κ2) is 4.93. The molecule has 0 unspecified atom stereocenters. The molecule has 0 radical (unpaired) electrons. The average molecular weight is 262 g/mol. The third-order valence-corrected chi connectivity index (χ3v) is 2.33. The second-order valence-corrected chi connectivity index (χ2v) is 4.98. The Kier molecular flexibility index (Phi) is 3.48. The molecule has 0 amide bonds. The summed E-state index contributed by atoms with van der Waals surface area (Å²) in [5, 5.41) is 8.88. The summed E-state index contributed by atoms with van der Waals surface area (Å²) in [7, 11) is -0.529. The minimum Gasteiger partial charge on any atom is -0.526 e. The molecule has 0 aliphatic carbocycles. The number of hydrogen-bond acceptors (Lipinski definition) is 5. The Labute approximate surface area is 111 Å². The number of aromatic nitrogens is 2. The van der Waals surface area contributed by atoms with E-state index in [-0.39, 0.29) is 5.88 Å². The van der Waals surface area contributed by atoms with Gasteiger partial charge in [-0.1, -0.05) is 0 Å². The first-order valence-electron chi connectivity index (χ1n) is 5.86. The van der Waals surface area contributed by atoms with Gasteiger partial charge in [0, 0.05) is 12.3 Å². The molecule has 0 saturated heterocycles. The fourth-order valence-electron chi connectivity index (χ4n) is 1.68. The molecule has 7 heteroatoms. The third kappa shape index (κ3) is 2.87. The summed E-state index contributed by atoms with van der Waals surface area (Å²) in [5.74, 6) is 0.199. The van der Waals surface area contributed by atoms with Crippen LogP contribution in [-0.2, 0) is 4.74 Å². The van der Waals surface area contributed by atoms with Gasteiger partial charge >= 0.3 is 13.8 Å². The Hall–Kier alpha value is -2.02. The van der Waals surface area contributed by atoms with Crippen molar-refractivity contribution in [2.24, 2.45) is 0 Å². The summed E-state index contributed by atoms with van der Waals surface area (Å²) in [4.78, 5) is 16.3. The van der Waals surface area contributed by atoms with Crippen molar-refractivity contribution in [2.75, 3.05) is 0 Å². The van der Waals surface area contributed by atoms with Gasteiger partial charge in [-0.2, -0.15) is 0 Å². The number of hydrogen-bond donors (Lipinski definition) is 1. The van der Waals surface area contributed by atoms with E-state index in [0.29, 0.717) is 11.0 Å². The molecule has 0 aliphatic rings. The fraction of sp³-hybridized carbons (Fsp3) is 0.333. The Bertz CT molecular complexity index is 603. The second-order valence-electron chi connectivity index (χ2n) is 4.98. The molecule has 19 heavy (non-hydrogen) atoms. The predicted molar refractivity (Wildman–Crippen MR) is 71.4 cm³/mol. The van der Waals surface area contributed by atoms with Crippen molar-refractivity contribution in [3.63, 3.8) is 0 Å². The minimum atomic E-state index is -0.619. The van der Waals surface area contributed by atoms with Crippen molar-refractivity contribution in [3.8, 4) is 5.88 Å². The SMILES string of the molecule is CC(C)(C)OC(=O)n1c(OBO)cc2ncccc21. The first kappa shape index (κ1) is 13.4. The zero-order valence-electron chi connectivity index (χ0n) is 11.1. The normalized spacial score (nSPS) is 11.4. The number of fused-ring (bicyclic) bond motifs is 1. The molecule has 2 rings (SSSR count). The molecule has 2 aromatic heterocycles. The van der Waals surface area contributed by atoms with Crippen LogP contribution in [-0.4, -0.2) is 34.0 Å². The van der Waals surface area contributed by atoms with Gasteiger partial charge in [-0.15, -0.1) is 0 Å². The monoisotopic (exact) mass is 262 g/mol. The third-order valence-electron chi connectivity index (χ3n) is 2.33. The van der Waals surface area contributed by atoms with Gasteiger partial charge in [0.1, 0.15) is 5.60 Å². The first-order chi connectivity index (χ1) is 8.92. The fourth-order valence-corrected chi connectivity index (χ4v) is 1.68. The summed E-state index contributed by atoms with van der Waals surface area (Å²) >= 11 is 0. The van der Waals surface area contributed by atoms with Crippen LogP contribution < -0.4 is 4.65 Å². The van der Waals surface area contributed by atoms with Crippen molar-refractivity contribution in [2.45, 2.75) is 26.4 Å². The first-order valence-corrected chi connectivity index (χ1v) is 5.86. The molecule has 0 spiro atoms. The zero-order chi connectivity index (χ0) is 14.0. The van der Waals surface area contributed by atoms with Crippen molar-refractivity contribution in [1.29, 1.82) is 0 Å². The molecule has 6 nitrogen and oxygen atoms in total. The van der Waals surface area contributed by atoms with Crippen LogP contribution in [0.1, 0.15) is 20.8 Å². The molecule has 0 atom stereocenters. The van der Waals surface area contributed by atoms with Crippen LogP contribution in [0.25, 0.3) is 11.0 Å². The van der Waals surface area contributed by atoms with Gasteiger partial charge in [-0.3, -0.25) is 4.98 Å². The van der Waals surface area contributed by atoms with Gasteiger partial charge < -0.3 is 14.4 Å². The zero-order valence-corrected chi connectivity index (χ0v) is 11.1. The number of carbonyl (C=O) groups excluding carboxylic acids is 1. The van der Waals surface area contributed by atoms with Gasteiger partial charge in [-0.05, 0) is 32.9 Å². The van der Waals surface area contributed by atoms with Gasteiger partial charge in [0.15, 0.2) is 5.88 Å². The van der Waals surface area contributed by atoms with E-state index in [1.807, 2.05) is 0 Å². The number of ether oxygens (including phenoxy) is 1. The Morgan fingerprint density at radius 2 is 2.21 bits per heavy atom. The Morgan fingerprint density at radius 1 is 1.47 bits per heavy atom. The van der Waals surface area contributed by atoms with Crippen LogP contribution >= 0.6 is 0 Å². The lowest BCUT2D eigenvalue weighted by Gasteiger charge is -2.20. The topological polar surface area (TPSA) is 73.6 Å².